The van der Waals surface area contributed by atoms with E-state index in [1.807, 2.05) is 6.07 Å². The van der Waals surface area contributed by atoms with E-state index in [1.54, 1.807) is 18.2 Å². The standard InChI is InChI=1S/C16H12ClFO3/c17-14-9-12(18)4-5-13(14)15(19)10-2-1-3-11(8-10)16-20-6-7-21-16/h1-5,8-9,16H,6-7H2. The molecule has 0 radical (unpaired) electrons. The maximum Gasteiger partial charge on any atom is 0.194 e. The third kappa shape index (κ3) is 2.97. The number of ketones is 1. The van der Waals surface area contributed by atoms with Crippen LogP contribution in [0.25, 0.3) is 0 Å². The van der Waals surface area contributed by atoms with Crippen molar-refractivity contribution in [3.8, 4) is 0 Å². The monoisotopic (exact) mass is 306 g/mol. The summed E-state index contributed by atoms with van der Waals surface area (Å²) in [7, 11) is 0. The van der Waals surface area contributed by atoms with E-state index < -0.39 is 12.1 Å². The van der Waals surface area contributed by atoms with E-state index >= 15 is 0 Å². The summed E-state index contributed by atoms with van der Waals surface area (Å²) in [6.07, 6.45) is -0.443. The van der Waals surface area contributed by atoms with Gasteiger partial charge in [0, 0.05) is 16.7 Å². The molecule has 0 bridgehead atoms. The van der Waals surface area contributed by atoms with Crippen molar-refractivity contribution in [1.29, 1.82) is 0 Å². The Labute approximate surface area is 126 Å². The summed E-state index contributed by atoms with van der Waals surface area (Å²) in [5, 5.41) is 0.0961. The highest BCUT2D eigenvalue weighted by molar-refractivity contribution is 6.35. The van der Waals surface area contributed by atoms with Gasteiger partial charge in [-0.05, 0) is 24.3 Å². The lowest BCUT2D eigenvalue weighted by Gasteiger charge is -2.11. The van der Waals surface area contributed by atoms with Crippen LogP contribution < -0.4 is 0 Å². The summed E-state index contributed by atoms with van der Waals surface area (Å²) in [5.74, 6) is -0.738. The summed E-state index contributed by atoms with van der Waals surface area (Å²) in [5.41, 5.74) is 1.50. The highest BCUT2D eigenvalue weighted by Crippen LogP contribution is 2.26. The molecule has 21 heavy (non-hydrogen) atoms. The lowest BCUT2D eigenvalue weighted by molar-refractivity contribution is -0.0441. The van der Waals surface area contributed by atoms with Gasteiger partial charge < -0.3 is 9.47 Å². The zero-order valence-electron chi connectivity index (χ0n) is 11.0. The summed E-state index contributed by atoms with van der Waals surface area (Å²) in [4.78, 5) is 12.5. The Morgan fingerprint density at radius 2 is 1.90 bits per heavy atom. The van der Waals surface area contributed by atoms with Crippen LogP contribution in [-0.2, 0) is 9.47 Å². The Kier molecular flexibility index (Phi) is 4.01. The number of hydrogen-bond donors (Lipinski definition) is 0. The Hall–Kier alpha value is -1.75. The fourth-order valence-corrected chi connectivity index (χ4v) is 2.46. The predicted molar refractivity (Wildman–Crippen MR) is 75.9 cm³/mol. The second kappa shape index (κ2) is 5.93. The van der Waals surface area contributed by atoms with Gasteiger partial charge in [0.1, 0.15) is 5.82 Å². The zero-order chi connectivity index (χ0) is 14.8. The van der Waals surface area contributed by atoms with Crippen molar-refractivity contribution in [1.82, 2.24) is 0 Å². The molecule has 0 saturated carbocycles. The Balaban J connectivity index is 1.92. The number of rotatable bonds is 3. The molecule has 1 aliphatic heterocycles. The fraction of sp³-hybridized carbons (Fsp3) is 0.188. The van der Waals surface area contributed by atoms with Crippen molar-refractivity contribution in [3.05, 3.63) is 70.0 Å². The number of carbonyl (C=O) groups excluding carboxylic acids is 1. The number of hydrogen-bond acceptors (Lipinski definition) is 3. The van der Waals surface area contributed by atoms with Gasteiger partial charge in [-0.3, -0.25) is 4.79 Å². The topological polar surface area (TPSA) is 35.5 Å². The van der Waals surface area contributed by atoms with Crippen molar-refractivity contribution < 1.29 is 18.7 Å². The minimum Gasteiger partial charge on any atom is -0.346 e. The lowest BCUT2D eigenvalue weighted by atomic mass is 10.0. The first kappa shape index (κ1) is 14.2. The maximum atomic E-state index is 13.1. The molecule has 1 heterocycles. The van der Waals surface area contributed by atoms with Crippen LogP contribution in [0.1, 0.15) is 27.8 Å². The van der Waals surface area contributed by atoms with Gasteiger partial charge in [0.25, 0.3) is 0 Å². The van der Waals surface area contributed by atoms with Crippen molar-refractivity contribution >= 4 is 17.4 Å². The van der Waals surface area contributed by atoms with E-state index in [9.17, 15) is 9.18 Å². The number of halogens is 2. The molecule has 0 aliphatic carbocycles. The number of ether oxygens (including phenoxy) is 2. The van der Waals surface area contributed by atoms with Gasteiger partial charge in [-0.2, -0.15) is 0 Å². The molecule has 2 aromatic carbocycles. The van der Waals surface area contributed by atoms with Crippen molar-refractivity contribution in [2.45, 2.75) is 6.29 Å². The fourth-order valence-electron chi connectivity index (χ4n) is 2.21. The third-order valence-corrected chi connectivity index (χ3v) is 3.53. The zero-order valence-corrected chi connectivity index (χ0v) is 11.8. The molecule has 0 N–H and O–H groups in total. The van der Waals surface area contributed by atoms with Crippen molar-refractivity contribution in [2.24, 2.45) is 0 Å². The first-order valence-corrected chi connectivity index (χ1v) is 6.86. The third-order valence-electron chi connectivity index (χ3n) is 3.22. The second-order valence-electron chi connectivity index (χ2n) is 4.65. The van der Waals surface area contributed by atoms with Gasteiger partial charge in [0.15, 0.2) is 12.1 Å². The molecule has 0 atom stereocenters. The minimum atomic E-state index is -0.474. The van der Waals surface area contributed by atoms with Crippen LogP contribution in [0, 0.1) is 5.82 Å². The average molecular weight is 307 g/mol. The van der Waals surface area contributed by atoms with Crippen LogP contribution in [0.3, 0.4) is 0 Å². The van der Waals surface area contributed by atoms with Gasteiger partial charge in [0.2, 0.25) is 0 Å². The summed E-state index contributed by atoms with van der Waals surface area (Å²) in [6.45, 7) is 1.07. The predicted octanol–water partition coefficient (Wildman–Crippen LogP) is 3.76. The SMILES string of the molecule is O=C(c1cccc(C2OCCO2)c1)c1ccc(F)cc1Cl. The van der Waals surface area contributed by atoms with E-state index in [0.717, 1.165) is 11.6 Å². The second-order valence-corrected chi connectivity index (χ2v) is 5.06. The van der Waals surface area contributed by atoms with Crippen LogP contribution in [-0.4, -0.2) is 19.0 Å². The molecule has 0 amide bonds. The van der Waals surface area contributed by atoms with E-state index in [1.165, 1.54) is 12.1 Å². The smallest absolute Gasteiger partial charge is 0.194 e. The quantitative estimate of drug-likeness (QED) is 0.810. The molecular weight excluding hydrogens is 295 g/mol. The van der Waals surface area contributed by atoms with Gasteiger partial charge in [-0.15, -0.1) is 0 Å². The molecule has 0 spiro atoms. The summed E-state index contributed by atoms with van der Waals surface area (Å²) in [6, 6.07) is 10.7. The van der Waals surface area contributed by atoms with E-state index in [-0.39, 0.29) is 16.4 Å². The van der Waals surface area contributed by atoms with E-state index in [2.05, 4.69) is 0 Å². The molecule has 0 unspecified atom stereocenters. The first-order valence-electron chi connectivity index (χ1n) is 6.48. The Morgan fingerprint density at radius 3 is 2.62 bits per heavy atom. The molecule has 1 fully saturated rings. The van der Waals surface area contributed by atoms with E-state index in [0.29, 0.717) is 18.8 Å². The van der Waals surface area contributed by atoms with Gasteiger partial charge in [-0.1, -0.05) is 29.8 Å². The molecular formula is C16H12ClFO3. The average Bonchev–Trinajstić information content (AvgIpc) is 3.01. The van der Waals surface area contributed by atoms with Gasteiger partial charge in [0.05, 0.1) is 18.2 Å². The van der Waals surface area contributed by atoms with Crippen LogP contribution in [0.15, 0.2) is 42.5 Å². The first-order chi connectivity index (χ1) is 10.1. The van der Waals surface area contributed by atoms with E-state index in [4.69, 9.17) is 21.1 Å². The minimum absolute atomic E-state index is 0.0961. The van der Waals surface area contributed by atoms with Gasteiger partial charge >= 0.3 is 0 Å². The summed E-state index contributed by atoms with van der Waals surface area (Å²) < 4.78 is 23.9. The lowest BCUT2D eigenvalue weighted by Crippen LogP contribution is -2.05. The highest BCUT2D eigenvalue weighted by Gasteiger charge is 2.20. The Bertz CT molecular complexity index is 681. The molecule has 5 heteroatoms. The molecule has 3 rings (SSSR count). The molecule has 0 aromatic heterocycles. The highest BCUT2D eigenvalue weighted by atomic mass is 35.5. The van der Waals surface area contributed by atoms with Gasteiger partial charge in [-0.25, -0.2) is 4.39 Å². The number of benzene rings is 2. The molecule has 108 valence electrons. The van der Waals surface area contributed by atoms with Crippen molar-refractivity contribution in [3.63, 3.8) is 0 Å². The Morgan fingerprint density at radius 1 is 1.14 bits per heavy atom. The van der Waals surface area contributed by atoms with Crippen molar-refractivity contribution in [2.75, 3.05) is 13.2 Å². The maximum absolute atomic E-state index is 13.1. The largest absolute Gasteiger partial charge is 0.346 e. The van der Waals surface area contributed by atoms with Crippen LogP contribution in [0.2, 0.25) is 5.02 Å². The normalized spacial score (nSPS) is 15.3. The molecule has 3 nitrogen and oxygen atoms in total. The summed E-state index contributed by atoms with van der Waals surface area (Å²) >= 11 is 5.93. The molecule has 2 aromatic rings. The van der Waals surface area contributed by atoms with Crippen LogP contribution in [0.5, 0.6) is 0 Å². The van der Waals surface area contributed by atoms with Crippen LogP contribution >= 0.6 is 11.6 Å². The molecule has 1 aliphatic rings. The molecule has 1 saturated heterocycles. The van der Waals surface area contributed by atoms with Crippen LogP contribution in [0.4, 0.5) is 4.39 Å². The number of carbonyl (C=O) groups is 1.